The molecule has 0 bridgehead atoms. The first kappa shape index (κ1) is 12.2. The summed E-state index contributed by atoms with van der Waals surface area (Å²) in [6, 6.07) is 0. The molecule has 1 rings (SSSR count). The average molecular weight is 276 g/mol. The molecule has 5 nitrogen and oxygen atoms in total. The fourth-order valence-corrected chi connectivity index (χ4v) is 1.49. The highest BCUT2D eigenvalue weighted by molar-refractivity contribution is 9.10. The zero-order chi connectivity index (χ0) is 11.1. The van der Waals surface area contributed by atoms with Crippen LogP contribution in [0.2, 0.25) is 0 Å². The first-order valence-corrected chi connectivity index (χ1v) is 5.47. The first-order chi connectivity index (χ1) is 7.29. The zero-order valence-corrected chi connectivity index (χ0v) is 10.4. The number of nitrogens with zero attached hydrogens (tertiary/aromatic N) is 2. The monoisotopic (exact) mass is 275 g/mol. The molecular weight excluding hydrogens is 262 g/mol. The lowest BCUT2D eigenvalue weighted by Gasteiger charge is -2.08. The van der Waals surface area contributed by atoms with Crippen LogP contribution in [0, 0.1) is 0 Å². The highest BCUT2D eigenvalue weighted by Crippen LogP contribution is 2.27. The van der Waals surface area contributed by atoms with Crippen LogP contribution in [-0.2, 0) is 4.74 Å². The number of anilines is 1. The van der Waals surface area contributed by atoms with Crippen molar-refractivity contribution in [2.24, 2.45) is 0 Å². The maximum Gasteiger partial charge on any atom is 0.233 e. The maximum atomic E-state index is 5.42. The third kappa shape index (κ3) is 3.64. The van der Waals surface area contributed by atoms with Gasteiger partial charge < -0.3 is 14.8 Å². The Labute approximate surface area is 97.3 Å². The predicted octanol–water partition coefficient (Wildman–Crippen LogP) is 1.70. The third-order valence-corrected chi connectivity index (χ3v) is 2.38. The standard InChI is InChI=1S/C9H14BrN3O2/c1-3-14-4-5-15-9-7(10)8(11-2)12-6-13-9/h6H,3-5H2,1-2H3,(H,11,12,13). The number of ether oxygens (including phenoxy) is 2. The minimum Gasteiger partial charge on any atom is -0.474 e. The highest BCUT2D eigenvalue weighted by atomic mass is 79.9. The lowest BCUT2D eigenvalue weighted by molar-refractivity contribution is 0.108. The summed E-state index contributed by atoms with van der Waals surface area (Å²) < 4.78 is 11.3. The van der Waals surface area contributed by atoms with Crippen LogP contribution in [0.25, 0.3) is 0 Å². The lowest BCUT2D eigenvalue weighted by atomic mass is 10.5. The van der Waals surface area contributed by atoms with Gasteiger partial charge in [-0.05, 0) is 22.9 Å². The number of rotatable bonds is 6. The molecule has 6 heteroatoms. The van der Waals surface area contributed by atoms with Crippen molar-refractivity contribution in [1.29, 1.82) is 0 Å². The SMILES string of the molecule is CCOCCOc1ncnc(NC)c1Br. The second kappa shape index (κ2) is 6.58. The molecule has 1 aromatic rings. The van der Waals surface area contributed by atoms with E-state index in [2.05, 4.69) is 31.2 Å². The van der Waals surface area contributed by atoms with Gasteiger partial charge in [0.15, 0.2) is 0 Å². The van der Waals surface area contributed by atoms with Crippen molar-refractivity contribution in [2.45, 2.75) is 6.92 Å². The summed E-state index contributed by atoms with van der Waals surface area (Å²) in [6.07, 6.45) is 1.45. The molecule has 1 heterocycles. The van der Waals surface area contributed by atoms with Gasteiger partial charge >= 0.3 is 0 Å². The summed E-state index contributed by atoms with van der Waals surface area (Å²) >= 11 is 3.36. The molecule has 0 spiro atoms. The van der Waals surface area contributed by atoms with E-state index in [9.17, 15) is 0 Å². The van der Waals surface area contributed by atoms with Crippen LogP contribution in [-0.4, -0.2) is 36.8 Å². The van der Waals surface area contributed by atoms with Gasteiger partial charge in [-0.2, -0.15) is 0 Å². The minimum absolute atomic E-state index is 0.479. The van der Waals surface area contributed by atoms with Gasteiger partial charge in [-0.15, -0.1) is 0 Å². The Bertz CT molecular complexity index is 309. The first-order valence-electron chi connectivity index (χ1n) is 4.68. The Hall–Kier alpha value is -0.880. The lowest BCUT2D eigenvalue weighted by Crippen LogP contribution is -2.08. The van der Waals surface area contributed by atoms with Crippen LogP contribution < -0.4 is 10.1 Å². The Morgan fingerprint density at radius 2 is 2.20 bits per heavy atom. The van der Waals surface area contributed by atoms with Gasteiger partial charge in [0, 0.05) is 13.7 Å². The third-order valence-electron chi connectivity index (χ3n) is 1.66. The predicted molar refractivity (Wildman–Crippen MR) is 61.3 cm³/mol. The number of aromatic nitrogens is 2. The molecule has 0 saturated carbocycles. The fourth-order valence-electron chi connectivity index (χ4n) is 0.970. The maximum absolute atomic E-state index is 5.42. The van der Waals surface area contributed by atoms with Gasteiger partial charge in [0.1, 0.15) is 23.2 Å². The Balaban J connectivity index is 2.53. The number of hydrogen-bond donors (Lipinski definition) is 1. The van der Waals surface area contributed by atoms with E-state index in [1.54, 1.807) is 7.05 Å². The molecular formula is C9H14BrN3O2. The second-order valence-corrected chi connectivity index (χ2v) is 3.43. The summed E-state index contributed by atoms with van der Waals surface area (Å²) in [5.41, 5.74) is 0. The average Bonchev–Trinajstić information content (AvgIpc) is 2.26. The van der Waals surface area contributed by atoms with Crippen molar-refractivity contribution in [3.63, 3.8) is 0 Å². The molecule has 15 heavy (non-hydrogen) atoms. The highest BCUT2D eigenvalue weighted by Gasteiger charge is 2.07. The van der Waals surface area contributed by atoms with E-state index >= 15 is 0 Å². The Kier molecular flexibility index (Phi) is 5.34. The molecule has 0 aliphatic rings. The van der Waals surface area contributed by atoms with Gasteiger partial charge in [0.2, 0.25) is 5.88 Å². The van der Waals surface area contributed by atoms with Crippen molar-refractivity contribution < 1.29 is 9.47 Å². The van der Waals surface area contributed by atoms with E-state index in [4.69, 9.17) is 9.47 Å². The van der Waals surface area contributed by atoms with Gasteiger partial charge in [-0.25, -0.2) is 9.97 Å². The zero-order valence-electron chi connectivity index (χ0n) is 8.79. The van der Waals surface area contributed by atoms with Crippen molar-refractivity contribution in [1.82, 2.24) is 9.97 Å². The molecule has 0 amide bonds. The van der Waals surface area contributed by atoms with Gasteiger partial charge in [-0.3, -0.25) is 0 Å². The molecule has 0 unspecified atom stereocenters. The van der Waals surface area contributed by atoms with Crippen LogP contribution in [0.5, 0.6) is 5.88 Å². The van der Waals surface area contributed by atoms with Crippen LogP contribution >= 0.6 is 15.9 Å². The molecule has 0 radical (unpaired) electrons. The Morgan fingerprint density at radius 3 is 2.87 bits per heavy atom. The molecule has 84 valence electrons. The largest absolute Gasteiger partial charge is 0.474 e. The second-order valence-electron chi connectivity index (χ2n) is 2.64. The smallest absolute Gasteiger partial charge is 0.233 e. The van der Waals surface area contributed by atoms with Gasteiger partial charge in [0.25, 0.3) is 0 Å². The van der Waals surface area contributed by atoms with Gasteiger partial charge in [0.05, 0.1) is 6.61 Å². The molecule has 1 N–H and O–H groups in total. The molecule has 0 fully saturated rings. The normalized spacial score (nSPS) is 10.1. The van der Waals surface area contributed by atoms with E-state index < -0.39 is 0 Å². The summed E-state index contributed by atoms with van der Waals surface area (Å²) in [5.74, 6) is 1.23. The molecule has 0 saturated heterocycles. The van der Waals surface area contributed by atoms with E-state index in [0.29, 0.717) is 31.5 Å². The van der Waals surface area contributed by atoms with Gasteiger partial charge in [-0.1, -0.05) is 0 Å². The van der Waals surface area contributed by atoms with Crippen LogP contribution in [0.3, 0.4) is 0 Å². The molecule has 1 aromatic heterocycles. The molecule has 0 aromatic carbocycles. The summed E-state index contributed by atoms with van der Waals surface area (Å²) in [6.45, 7) is 3.67. The Morgan fingerprint density at radius 1 is 1.40 bits per heavy atom. The molecule has 0 atom stereocenters. The van der Waals surface area contributed by atoms with Crippen molar-refractivity contribution in [2.75, 3.05) is 32.2 Å². The van der Waals surface area contributed by atoms with E-state index in [1.807, 2.05) is 6.92 Å². The number of nitrogens with one attached hydrogen (secondary N) is 1. The van der Waals surface area contributed by atoms with Crippen molar-refractivity contribution in [3.8, 4) is 5.88 Å². The molecule has 0 aliphatic carbocycles. The fraction of sp³-hybridized carbons (Fsp3) is 0.556. The number of halogens is 1. The van der Waals surface area contributed by atoms with Crippen molar-refractivity contribution in [3.05, 3.63) is 10.8 Å². The van der Waals surface area contributed by atoms with Crippen LogP contribution in [0.4, 0.5) is 5.82 Å². The van der Waals surface area contributed by atoms with Crippen LogP contribution in [0.15, 0.2) is 10.8 Å². The topological polar surface area (TPSA) is 56.3 Å². The summed E-state index contributed by atoms with van der Waals surface area (Å²) in [7, 11) is 1.79. The van der Waals surface area contributed by atoms with Crippen molar-refractivity contribution >= 4 is 21.7 Å². The summed E-state index contributed by atoms with van der Waals surface area (Å²) in [5, 5.41) is 2.93. The minimum atomic E-state index is 0.479. The van der Waals surface area contributed by atoms with E-state index in [0.717, 1.165) is 4.47 Å². The van der Waals surface area contributed by atoms with Crippen LogP contribution in [0.1, 0.15) is 6.92 Å². The quantitative estimate of drug-likeness (QED) is 0.801. The van der Waals surface area contributed by atoms with E-state index in [-0.39, 0.29) is 0 Å². The van der Waals surface area contributed by atoms with E-state index in [1.165, 1.54) is 6.33 Å². The molecule has 0 aliphatic heterocycles. The number of hydrogen-bond acceptors (Lipinski definition) is 5. The summed E-state index contributed by atoms with van der Waals surface area (Å²) in [4.78, 5) is 8.03.